The molecule has 0 spiro atoms. The van der Waals surface area contributed by atoms with Crippen LogP contribution in [-0.2, 0) is 6.42 Å². The van der Waals surface area contributed by atoms with Crippen LogP contribution in [0.1, 0.15) is 104 Å². The lowest BCUT2D eigenvalue weighted by Crippen LogP contribution is -1.92. The summed E-state index contributed by atoms with van der Waals surface area (Å²) in [6, 6.07) is 14.4. The molecule has 4 rings (SSSR count). The summed E-state index contributed by atoms with van der Waals surface area (Å²) < 4.78 is 0. The van der Waals surface area contributed by atoms with Gasteiger partial charge in [-0.3, -0.25) is 0 Å². The van der Waals surface area contributed by atoms with Crippen molar-refractivity contribution in [2.45, 2.75) is 105 Å². The van der Waals surface area contributed by atoms with Crippen LogP contribution in [0, 0.1) is 6.92 Å². The van der Waals surface area contributed by atoms with Crippen LogP contribution in [0.4, 0.5) is 0 Å². The maximum atomic E-state index is 2.50. The van der Waals surface area contributed by atoms with Crippen molar-refractivity contribution in [3.63, 3.8) is 0 Å². The average Bonchev–Trinajstić information content (AvgIpc) is 3.24. The largest absolute Gasteiger partial charge is 0.116 e. The maximum Gasteiger partial charge on any atom is 0.0519 e. The molecule has 0 aromatic heterocycles. The predicted octanol–water partition coefficient (Wildman–Crippen LogP) is 9.45. The average molecular weight is 425 g/mol. The molecule has 0 N–H and O–H groups in total. The molecule has 29 heavy (non-hydrogen) atoms. The van der Waals surface area contributed by atoms with Gasteiger partial charge in [-0.25, -0.2) is 0 Å². The Morgan fingerprint density at radius 3 is 1.86 bits per heavy atom. The highest BCUT2D eigenvalue weighted by molar-refractivity contribution is 8.05. The third-order valence-corrected chi connectivity index (χ3v) is 9.41. The smallest absolute Gasteiger partial charge is 0.0519 e. The molecule has 0 radical (unpaired) electrons. The van der Waals surface area contributed by atoms with Crippen LogP contribution in [0.25, 0.3) is 0 Å². The summed E-state index contributed by atoms with van der Waals surface area (Å²) in [4.78, 5) is 3.05. The van der Waals surface area contributed by atoms with Gasteiger partial charge in [-0.2, -0.15) is 0 Å². The zero-order valence-electron chi connectivity index (χ0n) is 18.2. The van der Waals surface area contributed by atoms with Gasteiger partial charge in [0.2, 0.25) is 0 Å². The molecule has 2 heteroatoms. The first kappa shape index (κ1) is 21.4. The fourth-order valence-electron chi connectivity index (χ4n) is 4.72. The van der Waals surface area contributed by atoms with Crippen molar-refractivity contribution in [2.75, 3.05) is 0 Å². The number of aryl methyl sites for hydroxylation is 2. The second-order valence-corrected chi connectivity index (χ2v) is 11.3. The molecule has 0 aliphatic carbocycles. The summed E-state index contributed by atoms with van der Waals surface area (Å²) in [5.74, 6) is 0. The van der Waals surface area contributed by atoms with Crippen molar-refractivity contribution in [1.29, 1.82) is 0 Å². The summed E-state index contributed by atoms with van der Waals surface area (Å²) >= 11 is 4.19. The molecule has 2 aromatic carbocycles. The molecule has 2 aliphatic rings. The summed E-state index contributed by atoms with van der Waals surface area (Å²) in [5, 5.41) is 1.25. The molecule has 2 atom stereocenters. The van der Waals surface area contributed by atoms with Gasteiger partial charge < -0.3 is 0 Å². The summed E-state index contributed by atoms with van der Waals surface area (Å²) in [5.41, 5.74) is 6.06. The summed E-state index contributed by atoms with van der Waals surface area (Å²) in [6.45, 7) is 4.50. The third-order valence-electron chi connectivity index (χ3n) is 6.46. The Bertz CT molecular complexity index is 810. The van der Waals surface area contributed by atoms with Gasteiger partial charge in [0, 0.05) is 9.79 Å². The number of fused-ring (bicyclic) bond motifs is 5. The van der Waals surface area contributed by atoms with E-state index in [9.17, 15) is 0 Å². The molecule has 0 bridgehead atoms. The van der Waals surface area contributed by atoms with Gasteiger partial charge in [-0.1, -0.05) is 89.0 Å². The van der Waals surface area contributed by atoms with Gasteiger partial charge in [0.1, 0.15) is 0 Å². The van der Waals surface area contributed by atoms with Crippen molar-refractivity contribution < 1.29 is 0 Å². The molecule has 2 aromatic rings. The van der Waals surface area contributed by atoms with Crippen LogP contribution in [0.5, 0.6) is 0 Å². The number of benzene rings is 2. The van der Waals surface area contributed by atoms with E-state index in [-0.39, 0.29) is 0 Å². The fraction of sp³-hybridized carbons (Fsp3) is 0.556. The zero-order chi connectivity index (χ0) is 20.1. The number of unbranched alkanes of at least 4 members (excludes halogenated alkanes) is 9. The van der Waals surface area contributed by atoms with E-state index in [0.717, 1.165) is 0 Å². The maximum absolute atomic E-state index is 2.50. The predicted molar refractivity (Wildman–Crippen MR) is 130 cm³/mol. The second-order valence-electron chi connectivity index (χ2n) is 8.92. The lowest BCUT2D eigenvalue weighted by atomic mass is 10.00. The molecule has 0 saturated heterocycles. The summed E-state index contributed by atoms with van der Waals surface area (Å²) in [6.07, 6.45) is 15.4. The van der Waals surface area contributed by atoms with E-state index >= 15 is 0 Å². The highest BCUT2D eigenvalue weighted by Gasteiger charge is 2.41. The lowest BCUT2D eigenvalue weighted by Gasteiger charge is -2.08. The Balaban J connectivity index is 1.20. The van der Waals surface area contributed by atoms with Crippen LogP contribution in [0.3, 0.4) is 0 Å². The Kier molecular flexibility index (Phi) is 7.70. The molecule has 2 aliphatic heterocycles. The van der Waals surface area contributed by atoms with E-state index < -0.39 is 0 Å². The lowest BCUT2D eigenvalue weighted by molar-refractivity contribution is 0.556. The van der Waals surface area contributed by atoms with Crippen LogP contribution < -0.4 is 0 Å². The summed E-state index contributed by atoms with van der Waals surface area (Å²) in [7, 11) is 0. The standard InChI is InChI=1S/C27H36S2/c1-3-4-5-6-7-8-9-10-11-12-13-21-15-17-23-25(19-21)29-26-22-16-14-20(2)18-24(22)28-27(23)26/h14-19,26-27H,3-13H2,1-2H3. The number of thioether (sulfide) groups is 2. The molecule has 2 heterocycles. The number of hydrogen-bond acceptors (Lipinski definition) is 2. The van der Waals surface area contributed by atoms with Gasteiger partial charge in [-0.05, 0) is 54.2 Å². The molecule has 0 nitrogen and oxygen atoms in total. The van der Waals surface area contributed by atoms with Crippen LogP contribution in [0.2, 0.25) is 0 Å². The highest BCUT2D eigenvalue weighted by atomic mass is 32.2. The molecule has 156 valence electrons. The normalized spacial score (nSPS) is 19.2. The van der Waals surface area contributed by atoms with Gasteiger partial charge in [-0.15, -0.1) is 23.5 Å². The monoisotopic (exact) mass is 424 g/mol. The third kappa shape index (κ3) is 5.25. The number of rotatable bonds is 11. The van der Waals surface area contributed by atoms with Crippen LogP contribution >= 0.6 is 23.5 Å². The quantitative estimate of drug-likeness (QED) is 0.329. The van der Waals surface area contributed by atoms with E-state index in [1.807, 2.05) is 0 Å². The van der Waals surface area contributed by atoms with E-state index in [0.29, 0.717) is 10.5 Å². The Morgan fingerprint density at radius 2 is 1.21 bits per heavy atom. The second kappa shape index (κ2) is 10.4. The fourth-order valence-corrected chi connectivity index (χ4v) is 8.09. The van der Waals surface area contributed by atoms with Crippen LogP contribution in [0.15, 0.2) is 46.2 Å². The highest BCUT2D eigenvalue weighted by Crippen LogP contribution is 2.66. The van der Waals surface area contributed by atoms with Crippen molar-refractivity contribution in [1.82, 2.24) is 0 Å². The van der Waals surface area contributed by atoms with E-state index in [4.69, 9.17) is 0 Å². The van der Waals surface area contributed by atoms with E-state index in [1.165, 1.54) is 81.1 Å². The molecular formula is C27H36S2. The molecule has 0 amide bonds. The SMILES string of the molecule is CCCCCCCCCCCCc1ccc2c(c1)SC1c3ccc(C)cc3SC21. The molecular weight excluding hydrogens is 388 g/mol. The van der Waals surface area contributed by atoms with Gasteiger partial charge in [0.25, 0.3) is 0 Å². The zero-order valence-corrected chi connectivity index (χ0v) is 19.8. The molecule has 0 fully saturated rings. The van der Waals surface area contributed by atoms with Crippen molar-refractivity contribution in [2.24, 2.45) is 0 Å². The Labute approximate surface area is 186 Å². The van der Waals surface area contributed by atoms with Crippen LogP contribution in [-0.4, -0.2) is 0 Å². The first-order valence-corrected chi connectivity index (χ1v) is 13.6. The first-order valence-electron chi connectivity index (χ1n) is 11.8. The minimum absolute atomic E-state index is 0.623. The number of hydrogen-bond donors (Lipinski definition) is 0. The van der Waals surface area contributed by atoms with E-state index in [2.05, 4.69) is 73.8 Å². The van der Waals surface area contributed by atoms with Gasteiger partial charge in [0.05, 0.1) is 10.5 Å². The topological polar surface area (TPSA) is 0 Å². The van der Waals surface area contributed by atoms with Gasteiger partial charge >= 0.3 is 0 Å². The van der Waals surface area contributed by atoms with Crippen molar-refractivity contribution in [3.05, 3.63) is 58.7 Å². The minimum atomic E-state index is 0.623. The van der Waals surface area contributed by atoms with Crippen molar-refractivity contribution >= 4 is 23.5 Å². The Morgan fingerprint density at radius 1 is 0.655 bits per heavy atom. The minimum Gasteiger partial charge on any atom is -0.116 e. The first-order chi connectivity index (χ1) is 14.3. The molecule has 2 unspecified atom stereocenters. The van der Waals surface area contributed by atoms with E-state index in [1.54, 1.807) is 21.6 Å². The molecule has 0 saturated carbocycles. The Hall–Kier alpha value is -0.860. The van der Waals surface area contributed by atoms with Crippen molar-refractivity contribution in [3.8, 4) is 0 Å². The van der Waals surface area contributed by atoms with Gasteiger partial charge in [0.15, 0.2) is 0 Å².